The van der Waals surface area contributed by atoms with Crippen LogP contribution in [0.1, 0.15) is 58.8 Å². The minimum atomic E-state index is -0.799. The molecule has 0 aromatic carbocycles. The van der Waals surface area contributed by atoms with Crippen molar-refractivity contribution in [2.45, 2.75) is 64.3 Å². The highest BCUT2D eigenvalue weighted by molar-refractivity contribution is 5.80. The van der Waals surface area contributed by atoms with Crippen LogP contribution < -0.4 is 5.32 Å². The molecule has 118 valence electrons. The molecule has 0 unspecified atom stereocenters. The van der Waals surface area contributed by atoms with Gasteiger partial charge in [-0.2, -0.15) is 0 Å². The van der Waals surface area contributed by atoms with E-state index in [9.17, 15) is 9.59 Å². The summed E-state index contributed by atoms with van der Waals surface area (Å²) < 4.78 is 0. The third-order valence-corrected chi connectivity index (χ3v) is 5.95. The van der Waals surface area contributed by atoms with Crippen LogP contribution >= 0.6 is 0 Å². The standard InChI is InChI=1S/C17H27NO3/c1-17(2,4-3-14(19)20)18-16(21)15-12-6-10-5-11(8-12)9-13(15)7-10/h10-13,15H,3-9H2,1-2H3,(H,18,21)(H,19,20). The normalized spacial score (nSPS) is 37.5. The van der Waals surface area contributed by atoms with Gasteiger partial charge >= 0.3 is 5.97 Å². The van der Waals surface area contributed by atoms with Crippen LogP contribution in [0.3, 0.4) is 0 Å². The van der Waals surface area contributed by atoms with E-state index in [0.717, 1.165) is 11.8 Å². The van der Waals surface area contributed by atoms with E-state index in [1.807, 2.05) is 13.8 Å². The second-order valence-electron chi connectivity index (χ2n) is 8.22. The van der Waals surface area contributed by atoms with Gasteiger partial charge in [0.2, 0.25) is 5.91 Å². The van der Waals surface area contributed by atoms with Crippen LogP contribution in [0.4, 0.5) is 0 Å². The summed E-state index contributed by atoms with van der Waals surface area (Å²) in [7, 11) is 0. The van der Waals surface area contributed by atoms with Crippen molar-refractivity contribution in [3.63, 3.8) is 0 Å². The zero-order valence-electron chi connectivity index (χ0n) is 13.1. The van der Waals surface area contributed by atoms with Gasteiger partial charge in [-0.1, -0.05) is 0 Å². The summed E-state index contributed by atoms with van der Waals surface area (Å²) in [5, 5.41) is 11.9. The SMILES string of the molecule is CC(C)(CCC(=O)O)NC(=O)C1C2CC3CC(C2)CC1C3. The summed E-state index contributed by atoms with van der Waals surface area (Å²) in [4.78, 5) is 23.5. The van der Waals surface area contributed by atoms with Crippen LogP contribution in [0.15, 0.2) is 0 Å². The summed E-state index contributed by atoms with van der Waals surface area (Å²) in [6.45, 7) is 3.87. The maximum Gasteiger partial charge on any atom is 0.303 e. The lowest BCUT2D eigenvalue weighted by Crippen LogP contribution is -2.54. The fourth-order valence-electron chi connectivity index (χ4n) is 5.25. The molecule has 0 aromatic rings. The number of carboxylic acid groups (broad SMARTS) is 1. The first-order valence-corrected chi connectivity index (χ1v) is 8.38. The van der Waals surface area contributed by atoms with Gasteiger partial charge in [-0.3, -0.25) is 9.59 Å². The smallest absolute Gasteiger partial charge is 0.303 e. The summed E-state index contributed by atoms with van der Waals surface area (Å²) in [5.41, 5.74) is -0.426. The first-order chi connectivity index (χ1) is 9.84. The molecule has 21 heavy (non-hydrogen) atoms. The molecule has 2 N–H and O–H groups in total. The molecule has 4 heteroatoms. The highest BCUT2D eigenvalue weighted by Crippen LogP contribution is 2.56. The molecule has 4 bridgehead atoms. The highest BCUT2D eigenvalue weighted by Gasteiger charge is 2.51. The third-order valence-electron chi connectivity index (χ3n) is 5.95. The molecule has 4 saturated carbocycles. The molecule has 0 spiro atoms. The molecule has 4 fully saturated rings. The Balaban J connectivity index is 1.61. The fourth-order valence-corrected chi connectivity index (χ4v) is 5.25. The summed E-state index contributed by atoms with van der Waals surface area (Å²) in [5.74, 6) is 2.47. The van der Waals surface area contributed by atoms with Crippen molar-refractivity contribution in [3.8, 4) is 0 Å². The average Bonchev–Trinajstić information content (AvgIpc) is 2.34. The number of carbonyl (C=O) groups excluding carboxylic acids is 1. The Morgan fingerprint density at radius 3 is 2.05 bits per heavy atom. The number of aliphatic carboxylic acids is 1. The predicted molar refractivity (Wildman–Crippen MR) is 79.6 cm³/mol. The van der Waals surface area contributed by atoms with Crippen LogP contribution in [0.25, 0.3) is 0 Å². The van der Waals surface area contributed by atoms with Crippen molar-refractivity contribution in [2.24, 2.45) is 29.6 Å². The van der Waals surface area contributed by atoms with Gasteiger partial charge in [0.05, 0.1) is 0 Å². The first-order valence-electron chi connectivity index (χ1n) is 8.38. The van der Waals surface area contributed by atoms with Crippen molar-refractivity contribution in [1.29, 1.82) is 0 Å². The second kappa shape index (κ2) is 5.29. The zero-order chi connectivity index (χ0) is 15.2. The predicted octanol–water partition coefficient (Wildman–Crippen LogP) is 2.82. The number of carboxylic acids is 1. The quantitative estimate of drug-likeness (QED) is 0.819. The maximum absolute atomic E-state index is 12.7. The lowest BCUT2D eigenvalue weighted by Gasteiger charge is -2.54. The lowest BCUT2D eigenvalue weighted by molar-refractivity contribution is -0.141. The Kier molecular flexibility index (Phi) is 3.74. The van der Waals surface area contributed by atoms with Crippen LogP contribution in [0.2, 0.25) is 0 Å². The van der Waals surface area contributed by atoms with E-state index >= 15 is 0 Å². The van der Waals surface area contributed by atoms with E-state index in [0.29, 0.717) is 18.3 Å². The summed E-state index contributed by atoms with van der Waals surface area (Å²) >= 11 is 0. The van der Waals surface area contributed by atoms with Gasteiger partial charge in [-0.25, -0.2) is 0 Å². The van der Waals surface area contributed by atoms with Crippen molar-refractivity contribution in [3.05, 3.63) is 0 Å². The molecule has 4 aliphatic carbocycles. The van der Waals surface area contributed by atoms with E-state index in [4.69, 9.17) is 5.11 Å². The van der Waals surface area contributed by atoms with Gasteiger partial charge in [-0.15, -0.1) is 0 Å². The largest absolute Gasteiger partial charge is 0.481 e. The minimum Gasteiger partial charge on any atom is -0.481 e. The number of amides is 1. The van der Waals surface area contributed by atoms with Crippen LogP contribution in [-0.2, 0) is 9.59 Å². The Hall–Kier alpha value is -1.06. The number of hydrogen-bond acceptors (Lipinski definition) is 2. The molecule has 0 saturated heterocycles. The van der Waals surface area contributed by atoms with E-state index < -0.39 is 11.5 Å². The molecular formula is C17H27NO3. The first kappa shape index (κ1) is 14.9. The molecule has 1 amide bonds. The molecule has 0 aromatic heterocycles. The molecule has 0 radical (unpaired) electrons. The van der Waals surface area contributed by atoms with Gasteiger partial charge < -0.3 is 10.4 Å². The summed E-state index contributed by atoms with van der Waals surface area (Å²) in [6.07, 6.45) is 6.93. The van der Waals surface area contributed by atoms with Gasteiger partial charge in [0.1, 0.15) is 0 Å². The van der Waals surface area contributed by atoms with Gasteiger partial charge in [0, 0.05) is 17.9 Å². The third kappa shape index (κ3) is 3.09. The van der Waals surface area contributed by atoms with Crippen molar-refractivity contribution >= 4 is 11.9 Å². The minimum absolute atomic E-state index is 0.106. The van der Waals surface area contributed by atoms with E-state index in [2.05, 4.69) is 5.32 Å². The van der Waals surface area contributed by atoms with E-state index in [1.165, 1.54) is 32.1 Å². The topological polar surface area (TPSA) is 66.4 Å². The Bertz CT molecular complexity index is 415. The lowest BCUT2D eigenvalue weighted by atomic mass is 9.51. The Labute approximate surface area is 126 Å². The van der Waals surface area contributed by atoms with Crippen molar-refractivity contribution in [2.75, 3.05) is 0 Å². The zero-order valence-corrected chi connectivity index (χ0v) is 13.1. The van der Waals surface area contributed by atoms with E-state index in [-0.39, 0.29) is 18.2 Å². The van der Waals surface area contributed by atoms with Crippen LogP contribution in [-0.4, -0.2) is 22.5 Å². The van der Waals surface area contributed by atoms with Crippen LogP contribution in [0.5, 0.6) is 0 Å². The Morgan fingerprint density at radius 2 is 1.57 bits per heavy atom. The Morgan fingerprint density at radius 1 is 1.05 bits per heavy atom. The van der Waals surface area contributed by atoms with Crippen molar-refractivity contribution in [1.82, 2.24) is 5.32 Å². The molecule has 0 heterocycles. The number of nitrogens with one attached hydrogen (secondary N) is 1. The number of rotatable bonds is 5. The van der Waals surface area contributed by atoms with Gasteiger partial charge in [0.25, 0.3) is 0 Å². The molecule has 4 aliphatic rings. The van der Waals surface area contributed by atoms with Crippen LogP contribution in [0, 0.1) is 29.6 Å². The monoisotopic (exact) mass is 293 g/mol. The van der Waals surface area contributed by atoms with Gasteiger partial charge in [-0.05, 0) is 76.0 Å². The number of carbonyl (C=O) groups is 2. The molecule has 4 rings (SSSR count). The number of hydrogen-bond donors (Lipinski definition) is 2. The molecule has 4 nitrogen and oxygen atoms in total. The fraction of sp³-hybridized carbons (Fsp3) is 0.882. The molecule has 0 aliphatic heterocycles. The second-order valence-corrected chi connectivity index (χ2v) is 8.22. The molecular weight excluding hydrogens is 266 g/mol. The molecule has 0 atom stereocenters. The summed E-state index contributed by atoms with van der Waals surface area (Å²) in [6, 6.07) is 0. The maximum atomic E-state index is 12.7. The van der Waals surface area contributed by atoms with E-state index in [1.54, 1.807) is 0 Å². The van der Waals surface area contributed by atoms with Gasteiger partial charge in [0.15, 0.2) is 0 Å². The highest BCUT2D eigenvalue weighted by atomic mass is 16.4. The average molecular weight is 293 g/mol. The van der Waals surface area contributed by atoms with Crippen molar-refractivity contribution < 1.29 is 14.7 Å².